The van der Waals surface area contributed by atoms with Crippen LogP contribution in [0.15, 0.2) is 0 Å². The molecular formula is C23H41N3O4. The van der Waals surface area contributed by atoms with Gasteiger partial charge in [-0.15, -0.1) is 0 Å². The Morgan fingerprint density at radius 3 is 2.30 bits per heavy atom. The van der Waals surface area contributed by atoms with Crippen LogP contribution in [0.2, 0.25) is 0 Å². The summed E-state index contributed by atoms with van der Waals surface area (Å²) in [7, 11) is 0. The number of hydrogen-bond acceptors (Lipinski definition) is 6. The fourth-order valence-electron chi connectivity index (χ4n) is 3.41. The molecule has 1 aromatic rings. The summed E-state index contributed by atoms with van der Waals surface area (Å²) in [4.78, 5) is 30.6. The lowest BCUT2D eigenvalue weighted by Crippen LogP contribution is -2.39. The molecule has 0 amide bonds. The van der Waals surface area contributed by atoms with Crippen LogP contribution in [-0.4, -0.2) is 66.3 Å². The molecule has 0 radical (unpaired) electrons. The van der Waals surface area contributed by atoms with Crippen molar-refractivity contribution in [1.82, 2.24) is 15.2 Å². The first-order valence-electron chi connectivity index (χ1n) is 11.1. The van der Waals surface area contributed by atoms with Gasteiger partial charge in [-0.25, -0.2) is 9.59 Å². The van der Waals surface area contributed by atoms with Gasteiger partial charge in [-0.3, -0.25) is 0 Å². The van der Waals surface area contributed by atoms with E-state index >= 15 is 0 Å². The van der Waals surface area contributed by atoms with Gasteiger partial charge in [0.25, 0.3) is 0 Å². The van der Waals surface area contributed by atoms with Crippen molar-refractivity contribution in [3.8, 4) is 0 Å². The van der Waals surface area contributed by atoms with E-state index in [1.54, 1.807) is 13.8 Å². The Kier molecular flexibility index (Phi) is 10.6. The Bertz CT molecular complexity index is 687. The minimum atomic E-state index is -0.607. The highest BCUT2D eigenvalue weighted by Crippen LogP contribution is 2.23. The number of nitrogens with one attached hydrogen (secondary N) is 2. The summed E-state index contributed by atoms with van der Waals surface area (Å²) >= 11 is 0. The van der Waals surface area contributed by atoms with Gasteiger partial charge >= 0.3 is 11.9 Å². The number of H-pyrrole nitrogens is 1. The number of ether oxygens (including phenoxy) is 2. The normalized spacial score (nSPS) is 12.8. The van der Waals surface area contributed by atoms with E-state index in [2.05, 4.69) is 36.0 Å². The average Bonchev–Trinajstić information content (AvgIpc) is 2.98. The van der Waals surface area contributed by atoms with Crippen molar-refractivity contribution in [1.29, 1.82) is 0 Å². The molecule has 0 aliphatic carbocycles. The number of hydrogen-bond donors (Lipinski definition) is 2. The van der Waals surface area contributed by atoms with Crippen molar-refractivity contribution in [3.05, 3.63) is 22.5 Å². The monoisotopic (exact) mass is 423 g/mol. The van der Waals surface area contributed by atoms with E-state index in [4.69, 9.17) is 9.47 Å². The van der Waals surface area contributed by atoms with Crippen molar-refractivity contribution in [2.75, 3.05) is 32.8 Å². The first kappa shape index (κ1) is 26.2. The summed E-state index contributed by atoms with van der Waals surface area (Å²) < 4.78 is 10.7. The summed E-state index contributed by atoms with van der Waals surface area (Å²) in [5.41, 5.74) is 1.48. The number of carbonyl (C=O) groups is 2. The van der Waals surface area contributed by atoms with Crippen molar-refractivity contribution in [2.24, 2.45) is 0 Å². The highest BCUT2D eigenvalue weighted by atomic mass is 16.6. The third-order valence-corrected chi connectivity index (χ3v) is 4.93. The van der Waals surface area contributed by atoms with Crippen LogP contribution in [0.3, 0.4) is 0 Å². The first-order chi connectivity index (χ1) is 14.0. The van der Waals surface area contributed by atoms with E-state index in [1.807, 2.05) is 20.8 Å². The SMILES string of the molecule is CCOC(=O)c1c(CCCNC(C)CN(CC)CC)[nH]c(C(=O)OC(C)(C)C)c1C. The van der Waals surface area contributed by atoms with Gasteiger partial charge in [0.15, 0.2) is 0 Å². The molecule has 0 saturated carbocycles. The standard InChI is InChI=1S/C23H41N3O4/c1-9-26(10-2)15-16(4)24-14-12-13-18-19(21(27)29-11-3)17(5)20(25-18)22(28)30-23(6,7)8/h16,24-25H,9-15H2,1-8H3. The summed E-state index contributed by atoms with van der Waals surface area (Å²) in [5.74, 6) is -0.860. The molecule has 7 heteroatoms. The Hall–Kier alpha value is -1.86. The average molecular weight is 424 g/mol. The molecule has 30 heavy (non-hydrogen) atoms. The minimum Gasteiger partial charge on any atom is -0.462 e. The van der Waals surface area contributed by atoms with Gasteiger partial charge in [-0.2, -0.15) is 0 Å². The molecule has 0 fully saturated rings. The number of rotatable bonds is 12. The van der Waals surface area contributed by atoms with Gasteiger partial charge in [-0.1, -0.05) is 13.8 Å². The molecule has 0 spiro atoms. The lowest BCUT2D eigenvalue weighted by Gasteiger charge is -2.23. The van der Waals surface area contributed by atoms with Gasteiger partial charge in [0.2, 0.25) is 0 Å². The number of nitrogens with zero attached hydrogens (tertiary/aromatic N) is 1. The quantitative estimate of drug-likeness (QED) is 0.394. The van der Waals surface area contributed by atoms with Crippen molar-refractivity contribution in [2.45, 2.75) is 79.9 Å². The van der Waals surface area contributed by atoms with Crippen LogP contribution in [0.4, 0.5) is 0 Å². The zero-order valence-electron chi connectivity index (χ0n) is 20.1. The highest BCUT2D eigenvalue weighted by molar-refractivity contribution is 5.98. The number of esters is 2. The molecule has 1 unspecified atom stereocenters. The van der Waals surface area contributed by atoms with Gasteiger partial charge < -0.3 is 24.7 Å². The zero-order chi connectivity index (χ0) is 22.9. The molecule has 2 N–H and O–H groups in total. The molecule has 0 bridgehead atoms. The van der Waals surface area contributed by atoms with Gasteiger partial charge in [0, 0.05) is 18.3 Å². The molecule has 1 atom stereocenters. The number of aromatic amines is 1. The second-order valence-corrected chi connectivity index (χ2v) is 8.65. The molecule has 0 aromatic carbocycles. The molecule has 0 saturated heterocycles. The van der Waals surface area contributed by atoms with E-state index in [1.165, 1.54) is 0 Å². The number of likely N-dealkylation sites (N-methyl/N-ethyl adjacent to an activating group) is 1. The van der Waals surface area contributed by atoms with E-state index < -0.39 is 17.5 Å². The van der Waals surface area contributed by atoms with Crippen LogP contribution in [-0.2, 0) is 15.9 Å². The predicted molar refractivity (Wildman–Crippen MR) is 120 cm³/mol. The summed E-state index contributed by atoms with van der Waals surface area (Å²) in [6.45, 7) is 19.7. The Balaban J connectivity index is 2.85. The van der Waals surface area contributed by atoms with Crippen LogP contribution in [0.5, 0.6) is 0 Å². The highest BCUT2D eigenvalue weighted by Gasteiger charge is 2.27. The van der Waals surface area contributed by atoms with Crippen LogP contribution < -0.4 is 5.32 Å². The predicted octanol–water partition coefficient (Wildman–Crippen LogP) is 3.71. The van der Waals surface area contributed by atoms with Gasteiger partial charge in [-0.05, 0) is 79.6 Å². The zero-order valence-corrected chi connectivity index (χ0v) is 20.1. The molecule has 1 heterocycles. The third-order valence-electron chi connectivity index (χ3n) is 4.93. The van der Waals surface area contributed by atoms with Crippen LogP contribution >= 0.6 is 0 Å². The number of aryl methyl sites for hydroxylation is 1. The van der Waals surface area contributed by atoms with Crippen molar-refractivity contribution < 1.29 is 19.1 Å². The maximum absolute atomic E-state index is 12.6. The Labute approximate surface area is 181 Å². The first-order valence-corrected chi connectivity index (χ1v) is 11.1. The van der Waals surface area contributed by atoms with E-state index in [0.717, 1.165) is 38.3 Å². The molecule has 0 aliphatic heterocycles. The molecule has 172 valence electrons. The lowest BCUT2D eigenvalue weighted by molar-refractivity contribution is 0.00625. The number of carbonyl (C=O) groups excluding carboxylic acids is 2. The van der Waals surface area contributed by atoms with Crippen LogP contribution in [0, 0.1) is 6.92 Å². The van der Waals surface area contributed by atoms with Gasteiger partial charge in [0.1, 0.15) is 11.3 Å². The second-order valence-electron chi connectivity index (χ2n) is 8.65. The van der Waals surface area contributed by atoms with E-state index in [9.17, 15) is 9.59 Å². The fraction of sp³-hybridized carbons (Fsp3) is 0.739. The maximum atomic E-state index is 12.6. The molecule has 1 rings (SSSR count). The summed E-state index contributed by atoms with van der Waals surface area (Å²) in [5, 5.41) is 3.54. The van der Waals surface area contributed by atoms with Crippen molar-refractivity contribution >= 4 is 11.9 Å². The van der Waals surface area contributed by atoms with Gasteiger partial charge in [0.05, 0.1) is 12.2 Å². The minimum absolute atomic E-state index is 0.287. The van der Waals surface area contributed by atoms with Crippen LogP contribution in [0.25, 0.3) is 0 Å². The van der Waals surface area contributed by atoms with E-state index in [0.29, 0.717) is 29.3 Å². The second kappa shape index (κ2) is 12.1. The largest absolute Gasteiger partial charge is 0.462 e. The number of aromatic nitrogens is 1. The molecule has 0 aliphatic rings. The Morgan fingerprint density at radius 2 is 1.77 bits per heavy atom. The smallest absolute Gasteiger partial charge is 0.355 e. The van der Waals surface area contributed by atoms with E-state index in [-0.39, 0.29) is 6.61 Å². The van der Waals surface area contributed by atoms with Crippen LogP contribution in [0.1, 0.15) is 87.0 Å². The molecule has 1 aromatic heterocycles. The fourth-order valence-corrected chi connectivity index (χ4v) is 3.41. The summed E-state index contributed by atoms with van der Waals surface area (Å²) in [6.07, 6.45) is 1.48. The topological polar surface area (TPSA) is 83.7 Å². The van der Waals surface area contributed by atoms with Crippen molar-refractivity contribution in [3.63, 3.8) is 0 Å². The lowest BCUT2D eigenvalue weighted by atomic mass is 10.1. The molecule has 7 nitrogen and oxygen atoms in total. The maximum Gasteiger partial charge on any atom is 0.355 e. The summed E-state index contributed by atoms with van der Waals surface area (Å²) in [6, 6.07) is 0.386. The molecular weight excluding hydrogens is 382 g/mol. The third kappa shape index (κ3) is 8.11. The Morgan fingerprint density at radius 1 is 1.13 bits per heavy atom.